The van der Waals surface area contributed by atoms with Crippen molar-refractivity contribution < 1.29 is 0 Å². The largest absolute Gasteiger partial charge is 0.318 e. The number of nitrogens with zero attached hydrogens (tertiary/aromatic N) is 4. The normalized spacial score (nSPS) is 14.5. The van der Waals surface area contributed by atoms with E-state index in [1.807, 2.05) is 30.3 Å². The third kappa shape index (κ3) is 2.17. The molecule has 8 heteroatoms. The highest BCUT2D eigenvalue weighted by molar-refractivity contribution is 7.98. The highest BCUT2D eigenvalue weighted by Gasteiger charge is 2.20. The van der Waals surface area contributed by atoms with Crippen LogP contribution in [-0.4, -0.2) is 30.5 Å². The Morgan fingerprint density at radius 3 is 3.00 bits per heavy atom. The number of hydrogen-bond donors (Lipinski definition) is 1. The molecule has 0 spiro atoms. The molecule has 0 amide bonds. The molecule has 0 bridgehead atoms. The molecule has 3 aromatic heterocycles. The molecule has 1 aliphatic rings. The van der Waals surface area contributed by atoms with Gasteiger partial charge in [0.15, 0.2) is 0 Å². The molecule has 0 saturated carbocycles. The predicted molar refractivity (Wildman–Crippen MR) is 88.7 cm³/mol. The van der Waals surface area contributed by atoms with Crippen LogP contribution in [0.15, 0.2) is 4.79 Å². The Hall–Kier alpha value is -1.67. The van der Waals surface area contributed by atoms with Gasteiger partial charge in [-0.1, -0.05) is 0 Å². The quantitative estimate of drug-likeness (QED) is 0.774. The van der Waals surface area contributed by atoms with Crippen molar-refractivity contribution in [2.45, 2.75) is 25.5 Å². The third-order valence-corrected chi connectivity index (χ3v) is 6.33. The average molecular weight is 333 g/mol. The smallest absolute Gasteiger partial charge is 0.259 e. The van der Waals surface area contributed by atoms with E-state index in [2.05, 4.69) is 20.2 Å². The molecule has 0 aromatic carbocycles. The number of hydrogen-bond acceptors (Lipinski definition) is 6. The van der Waals surface area contributed by atoms with Crippen molar-refractivity contribution >= 4 is 33.3 Å². The summed E-state index contributed by atoms with van der Waals surface area (Å²) in [5, 5.41) is 8.97. The van der Waals surface area contributed by atoms with Crippen LogP contribution in [0.25, 0.3) is 10.2 Å². The Kier molecular flexibility index (Phi) is 3.30. The minimum absolute atomic E-state index is 0.0247. The molecular formula is C14H15N5OS2. The van der Waals surface area contributed by atoms with E-state index < -0.39 is 0 Å². The molecule has 0 saturated heterocycles. The number of aromatic nitrogens is 5. The first kappa shape index (κ1) is 14.0. The molecule has 4 heterocycles. The zero-order valence-electron chi connectivity index (χ0n) is 12.3. The lowest BCUT2D eigenvalue weighted by molar-refractivity contribution is 0.777. The molecule has 0 atom stereocenters. The number of thioether (sulfide) groups is 1. The molecule has 0 radical (unpaired) electrons. The van der Waals surface area contributed by atoms with Crippen LogP contribution in [0.3, 0.4) is 0 Å². The van der Waals surface area contributed by atoms with Gasteiger partial charge in [0.25, 0.3) is 5.56 Å². The summed E-state index contributed by atoms with van der Waals surface area (Å²) in [6.45, 7) is 1.90. The molecule has 114 valence electrons. The Labute approximate surface area is 135 Å². The fourth-order valence-corrected chi connectivity index (χ4v) is 5.09. The maximum Gasteiger partial charge on any atom is 0.259 e. The maximum atomic E-state index is 12.5. The predicted octanol–water partition coefficient (Wildman–Crippen LogP) is 1.80. The van der Waals surface area contributed by atoms with Gasteiger partial charge in [0.2, 0.25) is 0 Å². The second-order valence-electron chi connectivity index (χ2n) is 5.40. The van der Waals surface area contributed by atoms with Gasteiger partial charge >= 0.3 is 0 Å². The summed E-state index contributed by atoms with van der Waals surface area (Å²) in [6.07, 6.45) is 1.45. The highest BCUT2D eigenvalue weighted by atomic mass is 32.2. The fourth-order valence-electron chi connectivity index (χ4n) is 2.71. The summed E-state index contributed by atoms with van der Waals surface area (Å²) in [4.78, 5) is 22.2. The van der Waals surface area contributed by atoms with Crippen LogP contribution in [0.2, 0.25) is 0 Å². The summed E-state index contributed by atoms with van der Waals surface area (Å²) in [5.41, 5.74) is 1.18. The Morgan fingerprint density at radius 2 is 2.23 bits per heavy atom. The van der Waals surface area contributed by atoms with Crippen LogP contribution in [0.1, 0.15) is 27.9 Å². The lowest BCUT2D eigenvalue weighted by Gasteiger charge is -2.09. The monoisotopic (exact) mass is 333 g/mol. The van der Waals surface area contributed by atoms with Crippen LogP contribution in [0, 0.1) is 6.92 Å². The molecule has 0 unspecified atom stereocenters. The van der Waals surface area contributed by atoms with Crippen molar-refractivity contribution in [1.82, 2.24) is 24.7 Å². The van der Waals surface area contributed by atoms with Gasteiger partial charge < -0.3 is 9.55 Å². The van der Waals surface area contributed by atoms with E-state index in [0.717, 1.165) is 39.8 Å². The van der Waals surface area contributed by atoms with Crippen molar-refractivity contribution in [3.63, 3.8) is 0 Å². The van der Waals surface area contributed by atoms with Crippen molar-refractivity contribution in [3.05, 3.63) is 38.3 Å². The second-order valence-corrected chi connectivity index (χ2v) is 7.59. The number of thiophene rings is 1. The third-order valence-electron chi connectivity index (χ3n) is 4.03. The van der Waals surface area contributed by atoms with Gasteiger partial charge in [-0.2, -0.15) is 11.8 Å². The van der Waals surface area contributed by atoms with Crippen molar-refractivity contribution in [3.8, 4) is 0 Å². The number of rotatable bonds is 2. The standard InChI is InChI=1S/C14H15N5OS2/c1-7-17-18-11(19(7)2)5-10-15-13(20)12-8-3-4-21-6-9(8)22-14(12)16-10/h3-6H2,1-2H3,(H,15,16,20). The second kappa shape index (κ2) is 5.20. The van der Waals surface area contributed by atoms with E-state index in [0.29, 0.717) is 12.2 Å². The van der Waals surface area contributed by atoms with Gasteiger partial charge in [-0.25, -0.2) is 4.98 Å². The molecule has 0 aliphatic carbocycles. The molecule has 3 aromatic rings. The Bertz CT molecular complexity index is 923. The SMILES string of the molecule is Cc1nnc(Cc2nc3sc4c(c3c(=O)[nH]2)CCSC4)n1C. The van der Waals surface area contributed by atoms with Crippen LogP contribution in [0.5, 0.6) is 0 Å². The summed E-state index contributed by atoms with van der Waals surface area (Å²) >= 11 is 3.57. The first-order valence-corrected chi connectivity index (χ1v) is 9.06. The molecule has 1 N–H and O–H groups in total. The highest BCUT2D eigenvalue weighted by Crippen LogP contribution is 2.35. The Morgan fingerprint density at radius 1 is 1.36 bits per heavy atom. The number of aryl methyl sites for hydroxylation is 2. The van der Waals surface area contributed by atoms with E-state index in [1.165, 1.54) is 10.4 Å². The Balaban J connectivity index is 1.80. The van der Waals surface area contributed by atoms with Crippen LogP contribution in [-0.2, 0) is 25.6 Å². The van der Waals surface area contributed by atoms with Gasteiger partial charge in [-0.15, -0.1) is 21.5 Å². The first-order valence-electron chi connectivity index (χ1n) is 7.09. The molecule has 6 nitrogen and oxygen atoms in total. The number of nitrogens with one attached hydrogen (secondary N) is 1. The summed E-state index contributed by atoms with van der Waals surface area (Å²) in [6, 6.07) is 0. The number of aromatic amines is 1. The minimum Gasteiger partial charge on any atom is -0.318 e. The zero-order valence-corrected chi connectivity index (χ0v) is 14.0. The van der Waals surface area contributed by atoms with E-state index in [1.54, 1.807) is 11.3 Å². The lowest BCUT2D eigenvalue weighted by Crippen LogP contribution is -2.14. The fraction of sp³-hybridized carbons (Fsp3) is 0.429. The molecule has 4 rings (SSSR count). The van der Waals surface area contributed by atoms with Crippen molar-refractivity contribution in [1.29, 1.82) is 0 Å². The van der Waals surface area contributed by atoms with E-state index in [-0.39, 0.29) is 5.56 Å². The zero-order chi connectivity index (χ0) is 15.3. The van der Waals surface area contributed by atoms with Crippen molar-refractivity contribution in [2.24, 2.45) is 7.05 Å². The summed E-state index contributed by atoms with van der Waals surface area (Å²) < 4.78 is 1.92. The molecule has 1 aliphatic heterocycles. The lowest BCUT2D eigenvalue weighted by atomic mass is 10.1. The maximum absolute atomic E-state index is 12.5. The average Bonchev–Trinajstić information content (AvgIpc) is 3.02. The van der Waals surface area contributed by atoms with Crippen molar-refractivity contribution in [2.75, 3.05) is 5.75 Å². The van der Waals surface area contributed by atoms with Gasteiger partial charge in [0.05, 0.1) is 11.8 Å². The van der Waals surface area contributed by atoms with Gasteiger partial charge in [0.1, 0.15) is 22.3 Å². The number of H-pyrrole nitrogens is 1. The number of fused-ring (bicyclic) bond motifs is 3. The van der Waals surface area contributed by atoms with Crippen LogP contribution < -0.4 is 5.56 Å². The topological polar surface area (TPSA) is 76.5 Å². The van der Waals surface area contributed by atoms with Crippen LogP contribution >= 0.6 is 23.1 Å². The van der Waals surface area contributed by atoms with Gasteiger partial charge in [0, 0.05) is 17.7 Å². The molecule has 22 heavy (non-hydrogen) atoms. The van der Waals surface area contributed by atoms with Gasteiger partial charge in [-0.05, 0) is 24.7 Å². The summed E-state index contributed by atoms with van der Waals surface area (Å²) in [7, 11) is 1.92. The van der Waals surface area contributed by atoms with E-state index >= 15 is 0 Å². The van der Waals surface area contributed by atoms with Gasteiger partial charge in [-0.3, -0.25) is 4.79 Å². The minimum atomic E-state index is -0.0247. The van der Waals surface area contributed by atoms with E-state index in [9.17, 15) is 4.79 Å². The molecule has 0 fully saturated rings. The van der Waals surface area contributed by atoms with Crippen LogP contribution in [0.4, 0.5) is 0 Å². The van der Waals surface area contributed by atoms with E-state index in [4.69, 9.17) is 0 Å². The summed E-state index contributed by atoms with van der Waals surface area (Å²) in [5.74, 6) is 4.38. The first-order chi connectivity index (χ1) is 10.6. The molecular weight excluding hydrogens is 318 g/mol.